The maximum Gasteiger partial charge on any atom is 0.0397 e. The summed E-state index contributed by atoms with van der Waals surface area (Å²) in [6, 6.07) is 6.70. The van der Waals surface area contributed by atoms with Crippen LogP contribution in [-0.2, 0) is 5.41 Å². The van der Waals surface area contributed by atoms with Gasteiger partial charge in [-0.3, -0.25) is 0 Å². The lowest BCUT2D eigenvalue weighted by Crippen LogP contribution is -2.21. The van der Waals surface area contributed by atoms with Crippen molar-refractivity contribution in [3.8, 4) is 0 Å². The van der Waals surface area contributed by atoms with Gasteiger partial charge in [0.25, 0.3) is 0 Å². The van der Waals surface area contributed by atoms with Crippen LogP contribution in [0, 0.1) is 12.8 Å². The van der Waals surface area contributed by atoms with Crippen molar-refractivity contribution in [1.29, 1.82) is 0 Å². The molecule has 22 heavy (non-hydrogen) atoms. The second kappa shape index (κ2) is 6.26. The Balaban J connectivity index is 2.53. The van der Waals surface area contributed by atoms with Crippen molar-refractivity contribution in [3.05, 3.63) is 65.8 Å². The Morgan fingerprint density at radius 2 is 2.00 bits per heavy atom. The molecule has 0 radical (unpaired) electrons. The number of hydrogen-bond donors (Lipinski definition) is 1. The number of allylic oxidation sites excluding steroid dienone is 2. The Morgan fingerprint density at radius 3 is 2.55 bits per heavy atom. The molecule has 118 valence electrons. The minimum absolute atomic E-state index is 0.109. The van der Waals surface area contributed by atoms with E-state index in [1.807, 2.05) is 0 Å². The molecular formula is C21H29N. The summed E-state index contributed by atoms with van der Waals surface area (Å²) in [5.74, 6) is 0.344. The fraction of sp³-hybridized carbons (Fsp3) is 0.429. The SMILES string of the molecule is C=C(C)c1ccc(C)cc1C1(C(=C)C)C(/C=C/CCC)[C@@H]1N. The van der Waals surface area contributed by atoms with Gasteiger partial charge in [-0.2, -0.15) is 0 Å². The Bertz CT molecular complexity index is 623. The van der Waals surface area contributed by atoms with Crippen LogP contribution in [0.15, 0.2) is 49.1 Å². The summed E-state index contributed by atoms with van der Waals surface area (Å²) >= 11 is 0. The monoisotopic (exact) mass is 295 g/mol. The lowest BCUT2D eigenvalue weighted by molar-refractivity contribution is 0.746. The van der Waals surface area contributed by atoms with Gasteiger partial charge in [0.2, 0.25) is 0 Å². The van der Waals surface area contributed by atoms with Crippen molar-refractivity contribution in [1.82, 2.24) is 0 Å². The van der Waals surface area contributed by atoms with Gasteiger partial charge in [0.1, 0.15) is 0 Å². The molecule has 0 spiro atoms. The molecule has 1 aliphatic rings. The molecule has 1 aliphatic carbocycles. The molecule has 1 nitrogen and oxygen atoms in total. The zero-order chi connectivity index (χ0) is 16.5. The highest BCUT2D eigenvalue weighted by molar-refractivity contribution is 5.70. The molecule has 1 saturated carbocycles. The lowest BCUT2D eigenvalue weighted by Gasteiger charge is -2.23. The van der Waals surface area contributed by atoms with Crippen molar-refractivity contribution in [2.24, 2.45) is 11.7 Å². The van der Waals surface area contributed by atoms with Gasteiger partial charge in [0.15, 0.2) is 0 Å². The predicted octanol–water partition coefficient (Wildman–Crippen LogP) is 5.16. The second-order valence-electron chi connectivity index (χ2n) is 6.75. The third kappa shape index (κ3) is 2.59. The Morgan fingerprint density at radius 1 is 1.32 bits per heavy atom. The average Bonchev–Trinajstić information content (AvgIpc) is 3.04. The first-order valence-corrected chi connectivity index (χ1v) is 8.22. The third-order valence-corrected chi connectivity index (χ3v) is 4.91. The summed E-state index contributed by atoms with van der Waals surface area (Å²) in [7, 11) is 0. The zero-order valence-electron chi connectivity index (χ0n) is 14.4. The maximum absolute atomic E-state index is 6.54. The summed E-state index contributed by atoms with van der Waals surface area (Å²) in [6.45, 7) is 16.9. The van der Waals surface area contributed by atoms with Crippen molar-refractivity contribution in [3.63, 3.8) is 0 Å². The van der Waals surface area contributed by atoms with Crippen molar-refractivity contribution in [2.75, 3.05) is 0 Å². The van der Waals surface area contributed by atoms with E-state index in [0.717, 1.165) is 17.6 Å². The van der Waals surface area contributed by atoms with Gasteiger partial charge in [0.05, 0.1) is 0 Å². The van der Waals surface area contributed by atoms with Crippen LogP contribution in [0.25, 0.3) is 5.57 Å². The molecule has 0 amide bonds. The van der Waals surface area contributed by atoms with Crippen LogP contribution in [0.1, 0.15) is 50.3 Å². The highest BCUT2D eigenvalue weighted by Gasteiger charge is 2.63. The van der Waals surface area contributed by atoms with Gasteiger partial charge in [-0.15, -0.1) is 0 Å². The second-order valence-corrected chi connectivity index (χ2v) is 6.75. The predicted molar refractivity (Wildman–Crippen MR) is 97.9 cm³/mol. The van der Waals surface area contributed by atoms with E-state index >= 15 is 0 Å². The number of unbranched alkanes of at least 4 members (excludes halogenated alkanes) is 1. The molecule has 1 aromatic carbocycles. The lowest BCUT2D eigenvalue weighted by atomic mass is 9.81. The molecule has 2 rings (SSSR count). The smallest absolute Gasteiger partial charge is 0.0397 e. The molecule has 0 bridgehead atoms. The van der Waals surface area contributed by atoms with E-state index in [4.69, 9.17) is 5.73 Å². The van der Waals surface area contributed by atoms with Crippen molar-refractivity contribution < 1.29 is 0 Å². The van der Waals surface area contributed by atoms with Crippen LogP contribution in [0.3, 0.4) is 0 Å². The Kier molecular flexibility index (Phi) is 4.77. The van der Waals surface area contributed by atoms with Gasteiger partial charge >= 0.3 is 0 Å². The van der Waals surface area contributed by atoms with Crippen LogP contribution < -0.4 is 5.73 Å². The number of aryl methyl sites for hydroxylation is 1. The van der Waals surface area contributed by atoms with E-state index < -0.39 is 0 Å². The highest BCUT2D eigenvalue weighted by Crippen LogP contribution is 2.59. The molecule has 3 atom stereocenters. The van der Waals surface area contributed by atoms with E-state index in [0.29, 0.717) is 5.92 Å². The zero-order valence-corrected chi connectivity index (χ0v) is 14.4. The van der Waals surface area contributed by atoms with E-state index in [2.05, 4.69) is 71.2 Å². The van der Waals surface area contributed by atoms with Crippen molar-refractivity contribution in [2.45, 2.75) is 52.0 Å². The van der Waals surface area contributed by atoms with E-state index in [1.165, 1.54) is 23.1 Å². The minimum atomic E-state index is -0.134. The summed E-state index contributed by atoms with van der Waals surface area (Å²) in [6.07, 6.45) is 6.84. The number of hydrogen-bond acceptors (Lipinski definition) is 1. The van der Waals surface area contributed by atoms with E-state index in [-0.39, 0.29) is 11.5 Å². The highest BCUT2D eigenvalue weighted by atomic mass is 14.9. The molecule has 2 N–H and O–H groups in total. The molecule has 1 fully saturated rings. The van der Waals surface area contributed by atoms with E-state index in [1.54, 1.807) is 0 Å². The first kappa shape index (κ1) is 16.8. The average molecular weight is 295 g/mol. The molecule has 0 heterocycles. The number of nitrogens with two attached hydrogens (primary N) is 1. The molecule has 1 aromatic rings. The first-order valence-electron chi connectivity index (χ1n) is 8.22. The van der Waals surface area contributed by atoms with Gasteiger partial charge in [-0.05, 0) is 38.3 Å². The largest absolute Gasteiger partial charge is 0.326 e. The summed E-state index contributed by atoms with van der Waals surface area (Å²) < 4.78 is 0. The number of rotatable bonds is 6. The van der Waals surface area contributed by atoms with Crippen LogP contribution in [0.2, 0.25) is 0 Å². The molecule has 2 unspecified atom stereocenters. The van der Waals surface area contributed by atoms with Crippen LogP contribution in [0.5, 0.6) is 0 Å². The maximum atomic E-state index is 6.54. The summed E-state index contributed by atoms with van der Waals surface area (Å²) in [4.78, 5) is 0. The quantitative estimate of drug-likeness (QED) is 0.721. The standard InChI is InChI=1S/C21H29N/c1-7-8-9-10-18-20(22)21(18,15(4)5)19-13-16(6)11-12-17(19)14(2)3/h9-13,18,20H,2,4,7-8,22H2,1,3,5-6H3/b10-9+/t18?,20-,21?/m0/s1. The van der Waals surface area contributed by atoms with Crippen LogP contribution >= 0.6 is 0 Å². The fourth-order valence-electron chi connectivity index (χ4n) is 3.65. The molecule has 0 saturated heterocycles. The normalized spacial score (nSPS) is 27.1. The molecule has 0 aromatic heterocycles. The van der Waals surface area contributed by atoms with Gasteiger partial charge in [-0.25, -0.2) is 0 Å². The molecular weight excluding hydrogens is 266 g/mol. The van der Waals surface area contributed by atoms with Gasteiger partial charge < -0.3 is 5.73 Å². The molecule has 1 heteroatoms. The Labute approximate surface area is 135 Å². The third-order valence-electron chi connectivity index (χ3n) is 4.91. The Hall–Kier alpha value is -1.60. The minimum Gasteiger partial charge on any atom is -0.326 e. The number of benzene rings is 1. The summed E-state index contributed by atoms with van der Waals surface area (Å²) in [5, 5.41) is 0. The van der Waals surface area contributed by atoms with Crippen molar-refractivity contribution >= 4 is 5.57 Å². The first-order chi connectivity index (χ1) is 10.4. The van der Waals surface area contributed by atoms with Crippen LogP contribution in [-0.4, -0.2) is 6.04 Å². The van der Waals surface area contributed by atoms with Gasteiger partial charge in [-0.1, -0.05) is 73.6 Å². The summed E-state index contributed by atoms with van der Waals surface area (Å²) in [5.41, 5.74) is 12.4. The van der Waals surface area contributed by atoms with Crippen LogP contribution in [0.4, 0.5) is 0 Å². The van der Waals surface area contributed by atoms with E-state index in [9.17, 15) is 0 Å². The van der Waals surface area contributed by atoms with Gasteiger partial charge in [0, 0.05) is 17.4 Å². The molecule has 0 aliphatic heterocycles. The topological polar surface area (TPSA) is 26.0 Å². The fourth-order valence-corrected chi connectivity index (χ4v) is 3.65.